The summed E-state index contributed by atoms with van der Waals surface area (Å²) in [5, 5.41) is 0. The first-order chi connectivity index (χ1) is 18.7. The molecule has 5 aromatic carbocycles. The van der Waals surface area contributed by atoms with E-state index >= 15 is 0 Å². The van der Waals surface area contributed by atoms with E-state index in [0.29, 0.717) is 7.25 Å². The normalized spacial score (nSPS) is 14.4. The van der Waals surface area contributed by atoms with Crippen LogP contribution >= 0.6 is 0 Å². The zero-order valence-corrected chi connectivity index (χ0v) is 26.6. The molecular formula is C37H30Cl2Zr. The Morgan fingerprint density at radius 1 is 0.525 bits per heavy atom. The molecule has 0 fully saturated rings. The molecule has 0 nitrogen and oxygen atoms in total. The van der Waals surface area contributed by atoms with Gasteiger partial charge in [0.2, 0.25) is 0 Å². The number of hydrogen-bond acceptors (Lipinski definition) is 0. The first-order valence-corrected chi connectivity index (χ1v) is 17.6. The summed E-state index contributed by atoms with van der Waals surface area (Å²) in [5.74, 6) is 0. The second-order valence-electron chi connectivity index (χ2n) is 10.6. The zero-order chi connectivity index (χ0) is 25.6. The van der Waals surface area contributed by atoms with Crippen molar-refractivity contribution < 1.29 is 46.1 Å². The molecule has 0 spiro atoms. The van der Waals surface area contributed by atoms with Gasteiger partial charge in [-0.25, -0.2) is 0 Å². The average Bonchev–Trinajstić information content (AvgIpc) is 3.47. The van der Waals surface area contributed by atoms with Gasteiger partial charge in [0.1, 0.15) is 0 Å². The van der Waals surface area contributed by atoms with Crippen LogP contribution in [0.25, 0.3) is 16.7 Å². The van der Waals surface area contributed by atoms with Gasteiger partial charge in [0.15, 0.2) is 0 Å². The maximum Gasteiger partial charge on any atom is -1.00 e. The summed E-state index contributed by atoms with van der Waals surface area (Å²) < 4.78 is 2.53. The second-order valence-corrected chi connectivity index (χ2v) is 17.0. The Morgan fingerprint density at radius 2 is 1.02 bits per heavy atom. The molecule has 0 aliphatic heterocycles. The molecule has 0 saturated heterocycles. The van der Waals surface area contributed by atoms with Gasteiger partial charge in [0.05, 0.1) is 0 Å². The van der Waals surface area contributed by atoms with Crippen LogP contribution in [-0.2, 0) is 21.3 Å². The smallest absolute Gasteiger partial charge is 1.00 e. The summed E-state index contributed by atoms with van der Waals surface area (Å²) >= 11 is -2.69. The van der Waals surface area contributed by atoms with E-state index in [2.05, 4.69) is 147 Å². The molecule has 0 radical (unpaired) electrons. The van der Waals surface area contributed by atoms with Crippen LogP contribution in [0.4, 0.5) is 0 Å². The quantitative estimate of drug-likeness (QED) is 0.285. The Kier molecular flexibility index (Phi) is 8.58. The third-order valence-electron chi connectivity index (χ3n) is 8.28. The van der Waals surface area contributed by atoms with Gasteiger partial charge in [-0.3, -0.25) is 0 Å². The third-order valence-corrected chi connectivity index (χ3v) is 17.0. The summed E-state index contributed by atoms with van der Waals surface area (Å²) in [7, 11) is 0. The number of hydrogen-bond donors (Lipinski definition) is 0. The van der Waals surface area contributed by atoms with Crippen LogP contribution < -0.4 is 24.8 Å². The van der Waals surface area contributed by atoms with E-state index in [-0.39, 0.29) is 24.8 Å². The summed E-state index contributed by atoms with van der Waals surface area (Å²) in [6.07, 6.45) is 2.63. The predicted octanol–water partition coefficient (Wildman–Crippen LogP) is 3.12. The molecule has 1 unspecified atom stereocenters. The predicted molar refractivity (Wildman–Crippen MR) is 157 cm³/mol. The van der Waals surface area contributed by atoms with Crippen molar-refractivity contribution in [3.8, 4) is 11.1 Å². The van der Waals surface area contributed by atoms with Crippen molar-refractivity contribution >= 4 is 8.78 Å². The molecule has 2 aliphatic rings. The topological polar surface area (TPSA) is 0 Å². The zero-order valence-electron chi connectivity index (χ0n) is 22.6. The molecule has 0 aromatic heterocycles. The van der Waals surface area contributed by atoms with Crippen LogP contribution in [0.2, 0.25) is 0 Å². The maximum absolute atomic E-state index is 2.69. The first kappa shape index (κ1) is 28.7. The van der Waals surface area contributed by atoms with Crippen LogP contribution in [-0.4, -0.2) is 3.21 Å². The number of benzene rings is 5. The minimum Gasteiger partial charge on any atom is -1.00 e. The van der Waals surface area contributed by atoms with E-state index in [4.69, 9.17) is 0 Å². The molecule has 0 bridgehead atoms. The molecule has 5 aromatic rings. The van der Waals surface area contributed by atoms with Gasteiger partial charge in [-0.15, -0.1) is 0 Å². The van der Waals surface area contributed by atoms with Crippen molar-refractivity contribution in [3.05, 3.63) is 172 Å². The SMILES string of the molecule is CC1=C[CH]([Zr+2](=[C](c2ccccc2)c2ccccc2)[CH]2c3ccccc3-c3ccccc32)c2ccc(C)cc21.[Cl-].[Cl-]. The Labute approximate surface area is 257 Å². The Morgan fingerprint density at radius 3 is 1.57 bits per heavy atom. The molecule has 0 amide bonds. The van der Waals surface area contributed by atoms with Gasteiger partial charge in [-0.1, -0.05) is 0 Å². The van der Waals surface area contributed by atoms with Gasteiger partial charge < -0.3 is 24.8 Å². The van der Waals surface area contributed by atoms with Crippen molar-refractivity contribution in [2.75, 3.05) is 0 Å². The summed E-state index contributed by atoms with van der Waals surface area (Å²) in [4.78, 5) is 0. The summed E-state index contributed by atoms with van der Waals surface area (Å²) in [6, 6.07) is 48.1. The van der Waals surface area contributed by atoms with Gasteiger partial charge >= 0.3 is 235 Å². The van der Waals surface area contributed by atoms with Crippen LogP contribution in [0.3, 0.4) is 0 Å². The van der Waals surface area contributed by atoms with Crippen molar-refractivity contribution in [3.63, 3.8) is 0 Å². The standard InChI is InChI=1S/C13H9.C13H10.C11H11.2ClH.Zr/c1-3-7-12-10(5-1)9-11-6-2-4-8-13(11)12;1-3-7-12(8-4-1)11-13-9-5-2-6-10-13;1-8-3-5-10-6-4-9(2)11(10)7-8;;;/h1-9H;1-10H;3-7H,1-2H3;2*1H;/q;;;;;+2/p-2. The molecule has 0 N–H and O–H groups in total. The van der Waals surface area contributed by atoms with Crippen molar-refractivity contribution in [1.82, 2.24) is 0 Å². The summed E-state index contributed by atoms with van der Waals surface area (Å²) in [5.41, 5.74) is 14.5. The van der Waals surface area contributed by atoms with Gasteiger partial charge in [0, 0.05) is 0 Å². The van der Waals surface area contributed by atoms with Crippen LogP contribution in [0.1, 0.15) is 53.1 Å². The minimum absolute atomic E-state index is 0. The van der Waals surface area contributed by atoms with E-state index in [0.717, 1.165) is 0 Å². The van der Waals surface area contributed by atoms with Gasteiger partial charge in [0.25, 0.3) is 0 Å². The minimum atomic E-state index is -2.69. The van der Waals surface area contributed by atoms with Gasteiger partial charge in [-0.2, -0.15) is 0 Å². The van der Waals surface area contributed by atoms with Crippen LogP contribution in [0, 0.1) is 6.92 Å². The van der Waals surface area contributed by atoms with E-state index in [9.17, 15) is 0 Å². The van der Waals surface area contributed by atoms with Crippen molar-refractivity contribution in [1.29, 1.82) is 0 Å². The largest absolute Gasteiger partial charge is 1.00 e. The molecule has 0 saturated carbocycles. The number of halogens is 2. The Hall–Kier alpha value is -2.83. The molecule has 3 heteroatoms. The second kappa shape index (κ2) is 12.0. The maximum atomic E-state index is 2.63. The van der Waals surface area contributed by atoms with Crippen LogP contribution in [0.5, 0.6) is 0 Å². The van der Waals surface area contributed by atoms with Crippen molar-refractivity contribution in [2.24, 2.45) is 0 Å². The van der Waals surface area contributed by atoms with E-state index < -0.39 is 21.3 Å². The number of rotatable bonds is 4. The number of fused-ring (bicyclic) bond motifs is 4. The molecule has 40 heavy (non-hydrogen) atoms. The fourth-order valence-electron chi connectivity index (χ4n) is 6.65. The molecule has 1 atom stereocenters. The third kappa shape index (κ3) is 4.83. The fraction of sp³-hybridized carbons (Fsp3) is 0.108. The Balaban J connectivity index is 0.00000161. The number of aryl methyl sites for hydroxylation is 1. The molecule has 196 valence electrons. The first-order valence-electron chi connectivity index (χ1n) is 13.5. The van der Waals surface area contributed by atoms with Crippen molar-refractivity contribution in [2.45, 2.75) is 21.1 Å². The Bertz CT molecular complexity index is 1650. The van der Waals surface area contributed by atoms with E-state index in [1.807, 2.05) is 0 Å². The summed E-state index contributed by atoms with van der Waals surface area (Å²) in [6.45, 7) is 4.54. The molecule has 7 rings (SSSR count). The van der Waals surface area contributed by atoms with Gasteiger partial charge in [-0.05, 0) is 0 Å². The van der Waals surface area contributed by atoms with Crippen LogP contribution in [0.15, 0.2) is 133 Å². The monoisotopic (exact) mass is 634 g/mol. The fourth-order valence-corrected chi connectivity index (χ4v) is 16.8. The van der Waals surface area contributed by atoms with E-state index in [1.54, 1.807) is 3.21 Å². The average molecular weight is 637 g/mol. The number of allylic oxidation sites excluding steroid dienone is 2. The molecule has 0 heterocycles. The molecule has 2 aliphatic carbocycles. The molecular weight excluding hydrogens is 607 g/mol. The van der Waals surface area contributed by atoms with E-state index in [1.165, 1.54) is 55.6 Å².